The quantitative estimate of drug-likeness (QED) is 0.634. The van der Waals surface area contributed by atoms with Gasteiger partial charge in [-0.1, -0.05) is 18.2 Å². The van der Waals surface area contributed by atoms with E-state index in [1.54, 1.807) is 18.2 Å². The predicted octanol–water partition coefficient (Wildman–Crippen LogP) is 1.77. The van der Waals surface area contributed by atoms with Gasteiger partial charge in [-0.2, -0.15) is 0 Å². The van der Waals surface area contributed by atoms with E-state index in [9.17, 15) is 9.50 Å². The van der Waals surface area contributed by atoms with Crippen LogP contribution in [0.5, 0.6) is 0 Å². The standard InChI is InChI=1S/C9H10FO2/c1-12-9(11)6-7-4-2-3-5-8(7)10/h2-5,9H,6H2,1H3. The molecule has 2 nitrogen and oxygen atoms in total. The molecular formula is C9H10FO2. The van der Waals surface area contributed by atoms with E-state index in [0.29, 0.717) is 5.56 Å². The first-order valence-electron chi connectivity index (χ1n) is 3.66. The molecule has 65 valence electrons. The minimum absolute atomic E-state index is 0.0726. The van der Waals surface area contributed by atoms with Crippen molar-refractivity contribution in [3.63, 3.8) is 0 Å². The van der Waals surface area contributed by atoms with Crippen molar-refractivity contribution >= 4 is 0 Å². The van der Waals surface area contributed by atoms with Crippen LogP contribution in [0.2, 0.25) is 0 Å². The lowest BCUT2D eigenvalue weighted by atomic mass is 10.1. The molecule has 0 aliphatic carbocycles. The van der Waals surface area contributed by atoms with Gasteiger partial charge in [-0.15, -0.1) is 0 Å². The second kappa shape index (κ2) is 4.18. The normalized spacial score (nSPS) is 12.9. The van der Waals surface area contributed by atoms with Crippen molar-refractivity contribution in [2.24, 2.45) is 0 Å². The van der Waals surface area contributed by atoms with E-state index in [1.807, 2.05) is 0 Å². The maximum Gasteiger partial charge on any atom is 0.195 e. The van der Waals surface area contributed by atoms with Crippen LogP contribution < -0.4 is 0 Å². The highest BCUT2D eigenvalue weighted by Crippen LogP contribution is 2.09. The SMILES string of the molecule is COC([O])Cc1ccccc1F. The van der Waals surface area contributed by atoms with Gasteiger partial charge in [0.25, 0.3) is 0 Å². The number of halogens is 1. The molecule has 0 N–H and O–H groups in total. The van der Waals surface area contributed by atoms with Gasteiger partial charge in [-0.3, -0.25) is 0 Å². The molecule has 1 radical (unpaired) electrons. The van der Waals surface area contributed by atoms with Gasteiger partial charge in [0.2, 0.25) is 0 Å². The van der Waals surface area contributed by atoms with Crippen molar-refractivity contribution in [1.82, 2.24) is 0 Å². The number of hydrogen-bond acceptors (Lipinski definition) is 1. The molecule has 12 heavy (non-hydrogen) atoms. The smallest absolute Gasteiger partial charge is 0.195 e. The van der Waals surface area contributed by atoms with Gasteiger partial charge >= 0.3 is 0 Å². The Labute approximate surface area is 70.6 Å². The number of methoxy groups -OCH3 is 1. The summed E-state index contributed by atoms with van der Waals surface area (Å²) < 4.78 is 17.4. The summed E-state index contributed by atoms with van der Waals surface area (Å²) in [6.07, 6.45) is -1.11. The fourth-order valence-electron chi connectivity index (χ4n) is 0.927. The van der Waals surface area contributed by atoms with Crippen LogP contribution >= 0.6 is 0 Å². The summed E-state index contributed by atoms with van der Waals surface area (Å²) in [5.74, 6) is -0.351. The molecule has 1 rings (SSSR count). The summed E-state index contributed by atoms with van der Waals surface area (Å²) >= 11 is 0. The fraction of sp³-hybridized carbons (Fsp3) is 0.333. The Kier molecular flexibility index (Phi) is 3.19. The van der Waals surface area contributed by atoms with Crippen LogP contribution in [0.1, 0.15) is 5.56 Å². The van der Waals surface area contributed by atoms with E-state index < -0.39 is 6.29 Å². The van der Waals surface area contributed by atoms with Crippen LogP contribution in [-0.2, 0) is 16.3 Å². The Hall–Kier alpha value is -0.930. The van der Waals surface area contributed by atoms with Crippen molar-refractivity contribution < 1.29 is 14.2 Å². The Morgan fingerprint density at radius 2 is 2.17 bits per heavy atom. The van der Waals surface area contributed by atoms with Crippen molar-refractivity contribution in [3.8, 4) is 0 Å². The second-order valence-electron chi connectivity index (χ2n) is 2.46. The van der Waals surface area contributed by atoms with Crippen molar-refractivity contribution in [3.05, 3.63) is 35.6 Å². The van der Waals surface area contributed by atoms with E-state index in [2.05, 4.69) is 4.74 Å². The van der Waals surface area contributed by atoms with E-state index in [1.165, 1.54) is 13.2 Å². The van der Waals surface area contributed by atoms with Crippen LogP contribution in [-0.4, -0.2) is 13.4 Å². The van der Waals surface area contributed by atoms with Crippen LogP contribution in [0.15, 0.2) is 24.3 Å². The van der Waals surface area contributed by atoms with E-state index in [-0.39, 0.29) is 12.2 Å². The highest BCUT2D eigenvalue weighted by Gasteiger charge is 2.08. The molecule has 0 amide bonds. The van der Waals surface area contributed by atoms with E-state index in [4.69, 9.17) is 0 Å². The van der Waals surface area contributed by atoms with Gasteiger partial charge in [0.1, 0.15) is 5.82 Å². The van der Waals surface area contributed by atoms with Gasteiger partial charge < -0.3 is 4.74 Å². The van der Waals surface area contributed by atoms with Crippen molar-refractivity contribution in [1.29, 1.82) is 0 Å². The molecule has 0 spiro atoms. The summed E-state index contributed by atoms with van der Waals surface area (Å²) in [5.41, 5.74) is 0.402. The van der Waals surface area contributed by atoms with E-state index in [0.717, 1.165) is 0 Å². The monoisotopic (exact) mass is 169 g/mol. The zero-order chi connectivity index (χ0) is 8.97. The van der Waals surface area contributed by atoms with Crippen molar-refractivity contribution in [2.75, 3.05) is 7.11 Å². The first kappa shape index (κ1) is 9.16. The zero-order valence-corrected chi connectivity index (χ0v) is 6.79. The molecule has 1 aromatic carbocycles. The number of benzene rings is 1. The first-order valence-corrected chi connectivity index (χ1v) is 3.66. The molecule has 0 heterocycles. The highest BCUT2D eigenvalue weighted by atomic mass is 19.1. The Morgan fingerprint density at radius 1 is 1.50 bits per heavy atom. The number of hydrogen-bond donors (Lipinski definition) is 0. The van der Waals surface area contributed by atoms with Crippen LogP contribution in [0, 0.1) is 5.82 Å². The Morgan fingerprint density at radius 3 is 2.75 bits per heavy atom. The topological polar surface area (TPSA) is 29.1 Å². The fourth-order valence-corrected chi connectivity index (χ4v) is 0.927. The van der Waals surface area contributed by atoms with Crippen LogP contribution in [0.25, 0.3) is 0 Å². The average Bonchev–Trinajstić information content (AvgIpc) is 2.09. The van der Waals surface area contributed by atoms with Crippen LogP contribution in [0.3, 0.4) is 0 Å². The lowest BCUT2D eigenvalue weighted by Gasteiger charge is -2.06. The van der Waals surface area contributed by atoms with Gasteiger partial charge in [0.05, 0.1) is 0 Å². The van der Waals surface area contributed by atoms with Gasteiger partial charge in [0.15, 0.2) is 6.29 Å². The largest absolute Gasteiger partial charge is 0.353 e. The molecule has 0 saturated carbocycles. The lowest BCUT2D eigenvalue weighted by molar-refractivity contribution is -0.117. The molecule has 0 saturated heterocycles. The maximum atomic E-state index is 12.9. The van der Waals surface area contributed by atoms with Gasteiger partial charge in [-0.25, -0.2) is 9.50 Å². The molecule has 0 bridgehead atoms. The summed E-state index contributed by atoms with van der Waals surface area (Å²) in [6.45, 7) is 0. The van der Waals surface area contributed by atoms with Crippen LogP contribution in [0.4, 0.5) is 4.39 Å². The number of ether oxygens (including phenoxy) is 1. The lowest BCUT2D eigenvalue weighted by Crippen LogP contribution is -2.11. The van der Waals surface area contributed by atoms with Crippen molar-refractivity contribution in [2.45, 2.75) is 12.7 Å². The third-order valence-corrected chi connectivity index (χ3v) is 1.61. The van der Waals surface area contributed by atoms with Gasteiger partial charge in [0, 0.05) is 13.5 Å². The highest BCUT2D eigenvalue weighted by molar-refractivity contribution is 5.17. The summed E-state index contributed by atoms with van der Waals surface area (Å²) in [4.78, 5) is 0. The molecule has 1 aromatic rings. The summed E-state index contributed by atoms with van der Waals surface area (Å²) in [6, 6.07) is 6.20. The number of rotatable bonds is 3. The molecule has 1 atom stereocenters. The average molecular weight is 169 g/mol. The van der Waals surface area contributed by atoms with Gasteiger partial charge in [-0.05, 0) is 11.6 Å². The maximum absolute atomic E-state index is 12.9. The molecule has 0 aliphatic rings. The zero-order valence-electron chi connectivity index (χ0n) is 6.79. The molecular weight excluding hydrogens is 159 g/mol. The summed E-state index contributed by atoms with van der Waals surface area (Å²) in [5, 5.41) is 10.8. The predicted molar refractivity (Wildman–Crippen MR) is 41.6 cm³/mol. The molecule has 0 fully saturated rings. The minimum atomic E-state index is -1.18. The molecule has 3 heteroatoms. The molecule has 0 aromatic heterocycles. The Balaban J connectivity index is 2.69. The Bertz CT molecular complexity index is 250. The molecule has 1 unspecified atom stereocenters. The minimum Gasteiger partial charge on any atom is -0.353 e. The second-order valence-corrected chi connectivity index (χ2v) is 2.46. The van der Waals surface area contributed by atoms with E-state index >= 15 is 0 Å². The third kappa shape index (κ3) is 2.29. The first-order chi connectivity index (χ1) is 5.74. The summed E-state index contributed by atoms with van der Waals surface area (Å²) in [7, 11) is 1.32. The third-order valence-electron chi connectivity index (χ3n) is 1.61. The molecule has 0 aliphatic heterocycles.